The number of anilines is 1. The predicted octanol–water partition coefficient (Wildman–Crippen LogP) is 5.24. The second kappa shape index (κ2) is 6.54. The zero-order valence-electron chi connectivity index (χ0n) is 12.6. The Balaban J connectivity index is 2.35. The number of thioether (sulfide) groups is 1. The SMILES string of the molecule is CSc1ccc(Cl)c(C(=O)Nc2c(C)cc(C)cc2C)c1. The minimum atomic E-state index is -0.175. The maximum Gasteiger partial charge on any atom is 0.257 e. The van der Waals surface area contributed by atoms with E-state index in [0.717, 1.165) is 21.7 Å². The second-order valence-electron chi connectivity index (χ2n) is 5.07. The van der Waals surface area contributed by atoms with Crippen LogP contribution >= 0.6 is 23.4 Å². The summed E-state index contributed by atoms with van der Waals surface area (Å²) in [7, 11) is 0. The van der Waals surface area contributed by atoms with E-state index in [1.54, 1.807) is 17.8 Å². The molecule has 0 aliphatic rings. The standard InChI is InChI=1S/C17H18ClNOS/c1-10-7-11(2)16(12(3)8-10)19-17(20)14-9-13(21-4)5-6-15(14)18/h5-9H,1-4H3,(H,19,20). The van der Waals surface area contributed by atoms with E-state index in [-0.39, 0.29) is 5.91 Å². The van der Waals surface area contributed by atoms with Crippen molar-refractivity contribution in [3.8, 4) is 0 Å². The first-order valence-corrected chi connectivity index (χ1v) is 8.25. The van der Waals surface area contributed by atoms with Crippen molar-refractivity contribution in [3.05, 3.63) is 57.6 Å². The lowest BCUT2D eigenvalue weighted by Crippen LogP contribution is -2.14. The molecule has 0 fully saturated rings. The Kier molecular flexibility index (Phi) is 4.96. The van der Waals surface area contributed by atoms with E-state index in [1.165, 1.54) is 5.56 Å². The van der Waals surface area contributed by atoms with Crippen molar-refractivity contribution in [3.63, 3.8) is 0 Å². The van der Waals surface area contributed by atoms with E-state index in [0.29, 0.717) is 10.6 Å². The molecule has 0 atom stereocenters. The fourth-order valence-corrected chi connectivity index (χ4v) is 3.01. The fourth-order valence-electron chi connectivity index (χ4n) is 2.36. The van der Waals surface area contributed by atoms with Crippen LogP contribution < -0.4 is 5.32 Å². The third kappa shape index (κ3) is 3.60. The average Bonchev–Trinajstić information content (AvgIpc) is 2.43. The first kappa shape index (κ1) is 15.9. The van der Waals surface area contributed by atoms with Crippen LogP contribution in [0.4, 0.5) is 5.69 Å². The van der Waals surface area contributed by atoms with Crippen molar-refractivity contribution in [2.45, 2.75) is 25.7 Å². The molecule has 2 nitrogen and oxygen atoms in total. The zero-order chi connectivity index (χ0) is 15.6. The lowest BCUT2D eigenvalue weighted by atomic mass is 10.0. The van der Waals surface area contributed by atoms with Gasteiger partial charge in [0.25, 0.3) is 5.91 Å². The van der Waals surface area contributed by atoms with Gasteiger partial charge in [0, 0.05) is 10.6 Å². The summed E-state index contributed by atoms with van der Waals surface area (Å²) in [5, 5.41) is 3.45. The third-order valence-corrected chi connectivity index (χ3v) is 4.39. The van der Waals surface area contributed by atoms with E-state index >= 15 is 0 Å². The maximum atomic E-state index is 12.5. The molecule has 4 heteroatoms. The first-order valence-electron chi connectivity index (χ1n) is 6.65. The van der Waals surface area contributed by atoms with Crippen LogP contribution in [0, 0.1) is 20.8 Å². The highest BCUT2D eigenvalue weighted by atomic mass is 35.5. The van der Waals surface area contributed by atoms with Gasteiger partial charge in [-0.2, -0.15) is 0 Å². The van der Waals surface area contributed by atoms with Gasteiger partial charge in [0.1, 0.15) is 0 Å². The van der Waals surface area contributed by atoms with Gasteiger partial charge in [-0.15, -0.1) is 11.8 Å². The number of hydrogen-bond acceptors (Lipinski definition) is 2. The molecule has 0 saturated heterocycles. The monoisotopic (exact) mass is 319 g/mol. The summed E-state index contributed by atoms with van der Waals surface area (Å²) in [5.74, 6) is -0.175. The van der Waals surface area contributed by atoms with Crippen LogP contribution in [0.25, 0.3) is 0 Å². The molecule has 2 rings (SSSR count). The Bertz CT molecular complexity index is 674. The Morgan fingerprint density at radius 3 is 2.29 bits per heavy atom. The zero-order valence-corrected chi connectivity index (χ0v) is 14.2. The van der Waals surface area contributed by atoms with Gasteiger partial charge in [-0.05, 0) is 56.4 Å². The van der Waals surface area contributed by atoms with E-state index in [9.17, 15) is 4.79 Å². The number of benzene rings is 2. The molecule has 1 amide bonds. The van der Waals surface area contributed by atoms with Crippen LogP contribution in [-0.4, -0.2) is 12.2 Å². The highest BCUT2D eigenvalue weighted by Gasteiger charge is 2.14. The summed E-state index contributed by atoms with van der Waals surface area (Å²) in [5.41, 5.74) is 4.65. The van der Waals surface area contributed by atoms with Crippen LogP contribution in [0.15, 0.2) is 35.2 Å². The van der Waals surface area contributed by atoms with E-state index in [4.69, 9.17) is 11.6 Å². The quantitative estimate of drug-likeness (QED) is 0.784. The molecular formula is C17H18ClNOS. The highest BCUT2D eigenvalue weighted by molar-refractivity contribution is 7.98. The minimum Gasteiger partial charge on any atom is -0.321 e. The maximum absolute atomic E-state index is 12.5. The lowest BCUT2D eigenvalue weighted by Gasteiger charge is -2.14. The van der Waals surface area contributed by atoms with Gasteiger partial charge in [0.15, 0.2) is 0 Å². The van der Waals surface area contributed by atoms with Crippen molar-refractivity contribution in [1.82, 2.24) is 0 Å². The molecule has 110 valence electrons. The van der Waals surface area contributed by atoms with Gasteiger partial charge in [-0.25, -0.2) is 0 Å². The molecule has 0 aliphatic heterocycles. The van der Waals surface area contributed by atoms with Crippen molar-refractivity contribution in [2.24, 2.45) is 0 Å². The van der Waals surface area contributed by atoms with E-state index < -0.39 is 0 Å². The van der Waals surface area contributed by atoms with Crippen LogP contribution in [0.5, 0.6) is 0 Å². The molecule has 0 bridgehead atoms. The third-order valence-electron chi connectivity index (χ3n) is 3.33. The van der Waals surface area contributed by atoms with Crippen LogP contribution in [-0.2, 0) is 0 Å². The number of amides is 1. The second-order valence-corrected chi connectivity index (χ2v) is 6.36. The Morgan fingerprint density at radius 1 is 1.10 bits per heavy atom. The first-order chi connectivity index (χ1) is 9.92. The van der Waals surface area contributed by atoms with Gasteiger partial charge in [0.05, 0.1) is 10.6 Å². The number of hydrogen-bond donors (Lipinski definition) is 1. The molecule has 2 aromatic rings. The number of carbonyl (C=O) groups is 1. The largest absolute Gasteiger partial charge is 0.321 e. The predicted molar refractivity (Wildman–Crippen MR) is 91.8 cm³/mol. The molecule has 0 saturated carbocycles. The Labute approximate surface area is 134 Å². The van der Waals surface area contributed by atoms with Crippen molar-refractivity contribution < 1.29 is 4.79 Å². The summed E-state index contributed by atoms with van der Waals surface area (Å²) >= 11 is 7.73. The molecular weight excluding hydrogens is 302 g/mol. The molecule has 2 aromatic carbocycles. The molecule has 0 aromatic heterocycles. The van der Waals surface area contributed by atoms with Gasteiger partial charge < -0.3 is 5.32 Å². The number of halogens is 1. The molecule has 0 unspecified atom stereocenters. The van der Waals surface area contributed by atoms with Gasteiger partial charge >= 0.3 is 0 Å². The molecule has 1 N–H and O–H groups in total. The van der Waals surface area contributed by atoms with E-state index in [1.807, 2.05) is 39.2 Å². The highest BCUT2D eigenvalue weighted by Crippen LogP contribution is 2.26. The van der Waals surface area contributed by atoms with Crippen molar-refractivity contribution in [1.29, 1.82) is 0 Å². The molecule has 0 spiro atoms. The topological polar surface area (TPSA) is 29.1 Å². The minimum absolute atomic E-state index is 0.175. The Hall–Kier alpha value is -1.45. The van der Waals surface area contributed by atoms with Crippen molar-refractivity contribution in [2.75, 3.05) is 11.6 Å². The van der Waals surface area contributed by atoms with Gasteiger partial charge in [0.2, 0.25) is 0 Å². The van der Waals surface area contributed by atoms with Gasteiger partial charge in [-0.3, -0.25) is 4.79 Å². The van der Waals surface area contributed by atoms with Gasteiger partial charge in [-0.1, -0.05) is 29.3 Å². The molecule has 0 aliphatic carbocycles. The molecule has 0 radical (unpaired) electrons. The number of aryl methyl sites for hydroxylation is 3. The summed E-state index contributed by atoms with van der Waals surface area (Å²) < 4.78 is 0. The van der Waals surface area contributed by atoms with E-state index in [2.05, 4.69) is 17.4 Å². The smallest absolute Gasteiger partial charge is 0.257 e. The lowest BCUT2D eigenvalue weighted by molar-refractivity contribution is 0.102. The Morgan fingerprint density at radius 2 is 1.71 bits per heavy atom. The number of carbonyl (C=O) groups excluding carboxylic acids is 1. The molecule has 21 heavy (non-hydrogen) atoms. The van der Waals surface area contributed by atoms with Crippen LogP contribution in [0.1, 0.15) is 27.0 Å². The summed E-state index contributed by atoms with van der Waals surface area (Å²) in [4.78, 5) is 13.5. The number of nitrogens with one attached hydrogen (secondary N) is 1. The summed E-state index contributed by atoms with van der Waals surface area (Å²) in [6.07, 6.45) is 1.97. The summed E-state index contributed by atoms with van der Waals surface area (Å²) in [6.45, 7) is 6.04. The molecule has 0 heterocycles. The van der Waals surface area contributed by atoms with Crippen LogP contribution in [0.3, 0.4) is 0 Å². The summed E-state index contributed by atoms with van der Waals surface area (Å²) in [6, 6.07) is 9.61. The van der Waals surface area contributed by atoms with Crippen LogP contribution in [0.2, 0.25) is 5.02 Å². The average molecular weight is 320 g/mol. The number of rotatable bonds is 3. The normalized spacial score (nSPS) is 10.5. The fraction of sp³-hybridized carbons (Fsp3) is 0.235. The van der Waals surface area contributed by atoms with Crippen molar-refractivity contribution >= 4 is 35.0 Å².